The molecule has 2 unspecified atom stereocenters. The number of anilines is 1. The summed E-state index contributed by atoms with van der Waals surface area (Å²) in [7, 11) is 0. The molecule has 0 saturated carbocycles. The van der Waals surface area contributed by atoms with E-state index in [2.05, 4.69) is 51.2 Å². The third kappa shape index (κ3) is 3.06. The summed E-state index contributed by atoms with van der Waals surface area (Å²) >= 11 is 1.69. The van der Waals surface area contributed by atoms with Crippen LogP contribution in [0.15, 0.2) is 84.1 Å². The first kappa shape index (κ1) is 15.6. The summed E-state index contributed by atoms with van der Waals surface area (Å²) in [6.07, 6.45) is 1.93. The number of benzene rings is 2. The molecule has 0 fully saturated rings. The Balaban J connectivity index is 1.78. The third-order valence-electron chi connectivity index (χ3n) is 4.24. The predicted octanol–water partition coefficient (Wildman–Crippen LogP) is 5.07. The van der Waals surface area contributed by atoms with Gasteiger partial charge in [0.05, 0.1) is 17.6 Å². The molecule has 2 heterocycles. The van der Waals surface area contributed by atoms with Crippen LogP contribution in [0, 0.1) is 0 Å². The standard InChI is InChI=1S/C20H18N4S/c1-2-18(24-19-11-7-6-10-17(19)22-23-24)20(15-12-13-25-14-15)21-16-8-4-3-5-9-16/h2-14,18,20-21H,1H2. The average molecular weight is 346 g/mol. The van der Waals surface area contributed by atoms with Gasteiger partial charge in [-0.15, -0.1) is 11.7 Å². The van der Waals surface area contributed by atoms with E-state index < -0.39 is 0 Å². The van der Waals surface area contributed by atoms with Crippen LogP contribution >= 0.6 is 11.3 Å². The zero-order valence-corrected chi connectivity index (χ0v) is 14.4. The highest BCUT2D eigenvalue weighted by atomic mass is 32.1. The molecule has 0 aliphatic heterocycles. The summed E-state index contributed by atoms with van der Waals surface area (Å²) in [5.41, 5.74) is 4.16. The van der Waals surface area contributed by atoms with Gasteiger partial charge in [-0.05, 0) is 46.7 Å². The van der Waals surface area contributed by atoms with Crippen molar-refractivity contribution in [3.05, 3.63) is 89.6 Å². The van der Waals surface area contributed by atoms with Gasteiger partial charge in [0.2, 0.25) is 0 Å². The molecule has 4 nitrogen and oxygen atoms in total. The number of fused-ring (bicyclic) bond motifs is 1. The minimum Gasteiger partial charge on any atom is -0.376 e. The first-order chi connectivity index (χ1) is 12.4. The van der Waals surface area contributed by atoms with E-state index in [0.29, 0.717) is 0 Å². The molecule has 5 heteroatoms. The van der Waals surface area contributed by atoms with Crippen molar-refractivity contribution in [3.8, 4) is 0 Å². The van der Waals surface area contributed by atoms with Crippen LogP contribution in [0.1, 0.15) is 17.6 Å². The number of thiophene rings is 1. The molecule has 0 bridgehead atoms. The van der Waals surface area contributed by atoms with E-state index in [9.17, 15) is 0 Å². The number of nitrogens with one attached hydrogen (secondary N) is 1. The molecule has 0 aliphatic rings. The van der Waals surface area contributed by atoms with Crippen molar-refractivity contribution >= 4 is 28.1 Å². The number of hydrogen-bond acceptors (Lipinski definition) is 4. The lowest BCUT2D eigenvalue weighted by molar-refractivity contribution is 0.478. The highest BCUT2D eigenvalue weighted by Gasteiger charge is 2.25. The predicted molar refractivity (Wildman–Crippen MR) is 104 cm³/mol. The van der Waals surface area contributed by atoms with Gasteiger partial charge >= 0.3 is 0 Å². The van der Waals surface area contributed by atoms with Gasteiger partial charge in [-0.1, -0.05) is 41.6 Å². The lowest BCUT2D eigenvalue weighted by atomic mass is 10.0. The molecule has 0 amide bonds. The van der Waals surface area contributed by atoms with Gasteiger partial charge in [0.25, 0.3) is 0 Å². The Morgan fingerprint density at radius 1 is 1.04 bits per heavy atom. The van der Waals surface area contributed by atoms with Gasteiger partial charge in [0.1, 0.15) is 5.52 Å². The van der Waals surface area contributed by atoms with Gasteiger partial charge in [-0.25, -0.2) is 4.68 Å². The fourth-order valence-electron chi connectivity index (χ4n) is 3.02. The van der Waals surface area contributed by atoms with E-state index in [-0.39, 0.29) is 12.1 Å². The molecule has 0 spiro atoms. The molecule has 0 saturated heterocycles. The van der Waals surface area contributed by atoms with Gasteiger partial charge in [0, 0.05) is 5.69 Å². The van der Waals surface area contributed by atoms with Crippen LogP contribution in [-0.2, 0) is 0 Å². The highest BCUT2D eigenvalue weighted by Crippen LogP contribution is 2.33. The van der Waals surface area contributed by atoms with Crippen LogP contribution in [0.5, 0.6) is 0 Å². The van der Waals surface area contributed by atoms with Crippen molar-refractivity contribution in [1.29, 1.82) is 0 Å². The normalized spacial score (nSPS) is 13.4. The van der Waals surface area contributed by atoms with Crippen molar-refractivity contribution in [3.63, 3.8) is 0 Å². The quantitative estimate of drug-likeness (QED) is 0.495. The van der Waals surface area contributed by atoms with Gasteiger partial charge in [-0.3, -0.25) is 0 Å². The van der Waals surface area contributed by atoms with Crippen molar-refractivity contribution < 1.29 is 0 Å². The molecule has 4 rings (SSSR count). The first-order valence-electron chi connectivity index (χ1n) is 8.13. The second-order valence-corrected chi connectivity index (χ2v) is 6.57. The van der Waals surface area contributed by atoms with Gasteiger partial charge in [-0.2, -0.15) is 11.3 Å². The van der Waals surface area contributed by atoms with Crippen molar-refractivity contribution in [2.24, 2.45) is 0 Å². The Morgan fingerprint density at radius 3 is 2.60 bits per heavy atom. The maximum absolute atomic E-state index is 4.40. The lowest BCUT2D eigenvalue weighted by Crippen LogP contribution is -2.23. The maximum atomic E-state index is 4.40. The number of rotatable bonds is 6. The minimum absolute atomic E-state index is 0.0104. The van der Waals surface area contributed by atoms with Gasteiger partial charge < -0.3 is 5.32 Å². The van der Waals surface area contributed by atoms with Crippen LogP contribution in [-0.4, -0.2) is 15.0 Å². The lowest BCUT2D eigenvalue weighted by Gasteiger charge is -2.26. The van der Waals surface area contributed by atoms with E-state index in [4.69, 9.17) is 0 Å². The van der Waals surface area contributed by atoms with Crippen LogP contribution in [0.2, 0.25) is 0 Å². The van der Waals surface area contributed by atoms with Crippen molar-refractivity contribution in [1.82, 2.24) is 15.0 Å². The minimum atomic E-state index is -0.0674. The van der Waals surface area contributed by atoms with Crippen LogP contribution < -0.4 is 5.32 Å². The van der Waals surface area contributed by atoms with Gasteiger partial charge in [0.15, 0.2) is 0 Å². The van der Waals surface area contributed by atoms with E-state index in [1.54, 1.807) is 11.3 Å². The SMILES string of the molecule is C=CC(C(Nc1ccccc1)c1ccsc1)n1nnc2ccccc21. The largest absolute Gasteiger partial charge is 0.376 e. The Kier molecular flexibility index (Phi) is 4.31. The molecule has 0 radical (unpaired) electrons. The smallest absolute Gasteiger partial charge is 0.113 e. The molecular weight excluding hydrogens is 328 g/mol. The molecule has 1 N–H and O–H groups in total. The summed E-state index contributed by atoms with van der Waals surface area (Å²) in [5.74, 6) is 0. The monoisotopic (exact) mass is 346 g/mol. The Hall–Kier alpha value is -2.92. The van der Waals surface area contributed by atoms with E-state index >= 15 is 0 Å². The topological polar surface area (TPSA) is 42.7 Å². The fraction of sp³-hybridized carbons (Fsp3) is 0.100. The summed E-state index contributed by atoms with van der Waals surface area (Å²) in [6.45, 7) is 4.07. The van der Waals surface area contributed by atoms with E-state index in [0.717, 1.165) is 16.7 Å². The summed E-state index contributed by atoms with van der Waals surface area (Å²) in [5, 5.41) is 16.6. The molecule has 124 valence electrons. The van der Waals surface area contributed by atoms with Crippen LogP contribution in [0.25, 0.3) is 11.0 Å². The second-order valence-electron chi connectivity index (χ2n) is 5.79. The number of hydrogen-bond donors (Lipinski definition) is 1. The summed E-state index contributed by atoms with van der Waals surface area (Å²) in [4.78, 5) is 0. The highest BCUT2D eigenvalue weighted by molar-refractivity contribution is 7.08. The second kappa shape index (κ2) is 6.91. The zero-order valence-electron chi connectivity index (χ0n) is 13.6. The molecule has 0 aliphatic carbocycles. The average Bonchev–Trinajstić information content (AvgIpc) is 3.33. The van der Waals surface area contributed by atoms with Crippen molar-refractivity contribution in [2.75, 3.05) is 5.32 Å². The third-order valence-corrected chi connectivity index (χ3v) is 4.94. The van der Waals surface area contributed by atoms with E-state index in [1.807, 2.05) is 53.2 Å². The summed E-state index contributed by atoms with van der Waals surface area (Å²) < 4.78 is 1.95. The number of nitrogens with zero attached hydrogens (tertiary/aromatic N) is 3. The zero-order chi connectivity index (χ0) is 17.1. The Bertz CT molecular complexity index is 960. The maximum Gasteiger partial charge on any atom is 0.113 e. The molecule has 2 aromatic heterocycles. The van der Waals surface area contributed by atoms with Crippen molar-refractivity contribution in [2.45, 2.75) is 12.1 Å². The Labute approximate surface area is 150 Å². The molecular formula is C20H18N4S. The first-order valence-corrected chi connectivity index (χ1v) is 9.07. The number of para-hydroxylation sites is 2. The van der Waals surface area contributed by atoms with E-state index in [1.165, 1.54) is 5.56 Å². The molecule has 2 atom stereocenters. The Morgan fingerprint density at radius 2 is 1.84 bits per heavy atom. The van der Waals surface area contributed by atoms with Crippen LogP contribution in [0.3, 0.4) is 0 Å². The molecule has 25 heavy (non-hydrogen) atoms. The fourth-order valence-corrected chi connectivity index (χ4v) is 3.71. The van der Waals surface area contributed by atoms with Crippen LogP contribution in [0.4, 0.5) is 5.69 Å². The molecule has 4 aromatic rings. The number of aromatic nitrogens is 3. The molecule has 2 aromatic carbocycles. The summed E-state index contributed by atoms with van der Waals surface area (Å²) in [6, 6.07) is 20.3.